The third-order valence-corrected chi connectivity index (χ3v) is 3.13. The largest absolute Gasteiger partial charge is 0.385 e. The lowest BCUT2D eigenvalue weighted by Gasteiger charge is -2.10. The van der Waals surface area contributed by atoms with Crippen molar-refractivity contribution < 1.29 is 18.7 Å². The van der Waals surface area contributed by atoms with Crippen molar-refractivity contribution in [1.82, 2.24) is 5.32 Å². The smallest absolute Gasteiger partial charge is 0.265 e. The topological polar surface area (TPSA) is 49.3 Å². The van der Waals surface area contributed by atoms with Crippen LogP contribution in [0.3, 0.4) is 0 Å². The fourth-order valence-electron chi connectivity index (χ4n) is 1.98. The van der Waals surface area contributed by atoms with Gasteiger partial charge in [-0.1, -0.05) is 30.3 Å². The summed E-state index contributed by atoms with van der Waals surface area (Å²) in [6.45, 7) is -0.394. The van der Waals surface area contributed by atoms with E-state index in [1.807, 2.05) is 30.3 Å². The van der Waals surface area contributed by atoms with E-state index in [1.54, 1.807) is 0 Å². The van der Waals surface area contributed by atoms with Crippen LogP contribution in [0, 0.1) is 5.92 Å². The summed E-state index contributed by atoms with van der Waals surface area (Å²) in [4.78, 5) is 11.6. The van der Waals surface area contributed by atoms with Crippen LogP contribution < -0.4 is 5.32 Å². The van der Waals surface area contributed by atoms with E-state index in [-0.39, 0.29) is 17.7 Å². The predicted octanol–water partition coefficient (Wildman–Crippen LogP) is 1.53. The molecule has 1 saturated carbocycles. The fourth-order valence-corrected chi connectivity index (χ4v) is 1.98. The van der Waals surface area contributed by atoms with Crippen molar-refractivity contribution >= 4 is 5.91 Å². The quantitative estimate of drug-likeness (QED) is 0.838. The molecule has 0 spiro atoms. The lowest BCUT2D eigenvalue weighted by molar-refractivity contribution is -0.123. The molecule has 0 aliphatic heterocycles. The van der Waals surface area contributed by atoms with E-state index in [9.17, 15) is 13.6 Å². The molecule has 5 heteroatoms. The van der Waals surface area contributed by atoms with Gasteiger partial charge in [0, 0.05) is 12.5 Å². The average molecular weight is 255 g/mol. The maximum atomic E-state index is 12.0. The summed E-state index contributed by atoms with van der Waals surface area (Å²) in [7, 11) is 0. The summed E-state index contributed by atoms with van der Waals surface area (Å²) in [5, 5.41) is 11.3. The van der Waals surface area contributed by atoms with Gasteiger partial charge in [0.25, 0.3) is 6.43 Å². The molecule has 1 aliphatic carbocycles. The van der Waals surface area contributed by atoms with Crippen molar-refractivity contribution in [2.24, 2.45) is 5.92 Å². The van der Waals surface area contributed by atoms with Crippen molar-refractivity contribution in [3.05, 3.63) is 35.9 Å². The number of halogens is 2. The van der Waals surface area contributed by atoms with Crippen molar-refractivity contribution in [3.8, 4) is 0 Å². The molecule has 18 heavy (non-hydrogen) atoms. The van der Waals surface area contributed by atoms with Gasteiger partial charge in [-0.2, -0.15) is 0 Å². The molecule has 1 aliphatic rings. The Balaban J connectivity index is 1.80. The van der Waals surface area contributed by atoms with E-state index in [4.69, 9.17) is 5.11 Å². The van der Waals surface area contributed by atoms with Gasteiger partial charge in [-0.05, 0) is 17.9 Å². The number of carbonyl (C=O) groups excluding carboxylic acids is 1. The van der Waals surface area contributed by atoms with E-state index >= 15 is 0 Å². The van der Waals surface area contributed by atoms with Crippen LogP contribution in [0.5, 0.6) is 0 Å². The van der Waals surface area contributed by atoms with E-state index in [0.29, 0.717) is 0 Å². The van der Waals surface area contributed by atoms with Gasteiger partial charge in [-0.3, -0.25) is 4.79 Å². The Kier molecular flexibility index (Phi) is 3.91. The first kappa shape index (κ1) is 13.0. The number of aliphatic hydroxyl groups is 1. The molecule has 0 heterocycles. The Labute approximate surface area is 104 Å². The zero-order valence-corrected chi connectivity index (χ0v) is 9.72. The van der Waals surface area contributed by atoms with Gasteiger partial charge in [-0.25, -0.2) is 8.78 Å². The minimum atomic E-state index is -2.82. The van der Waals surface area contributed by atoms with Gasteiger partial charge in [-0.15, -0.1) is 0 Å². The highest BCUT2D eigenvalue weighted by atomic mass is 19.3. The molecular weight excluding hydrogens is 240 g/mol. The first-order valence-corrected chi connectivity index (χ1v) is 5.88. The summed E-state index contributed by atoms with van der Waals surface area (Å²) in [6.07, 6.45) is -3.88. The molecule has 3 atom stereocenters. The van der Waals surface area contributed by atoms with E-state index in [2.05, 4.69) is 5.32 Å². The highest BCUT2D eigenvalue weighted by Gasteiger charge is 2.43. The van der Waals surface area contributed by atoms with Gasteiger partial charge < -0.3 is 10.4 Å². The number of benzene rings is 1. The number of alkyl halides is 2. The Morgan fingerprint density at radius 3 is 2.67 bits per heavy atom. The summed E-state index contributed by atoms with van der Waals surface area (Å²) in [6, 6.07) is 9.62. The third-order valence-electron chi connectivity index (χ3n) is 3.13. The van der Waals surface area contributed by atoms with Crippen LogP contribution in [-0.4, -0.2) is 30.1 Å². The number of amides is 1. The van der Waals surface area contributed by atoms with Crippen molar-refractivity contribution in [2.45, 2.75) is 24.9 Å². The maximum absolute atomic E-state index is 12.0. The summed E-state index contributed by atoms with van der Waals surface area (Å²) in [5.41, 5.74) is 1.09. The van der Waals surface area contributed by atoms with E-state index in [1.165, 1.54) is 0 Å². The van der Waals surface area contributed by atoms with Crippen LogP contribution in [0.4, 0.5) is 8.78 Å². The molecule has 1 amide bonds. The predicted molar refractivity (Wildman–Crippen MR) is 62.3 cm³/mol. The lowest BCUT2D eigenvalue weighted by atomic mass is 10.1. The first-order chi connectivity index (χ1) is 8.59. The lowest BCUT2D eigenvalue weighted by Crippen LogP contribution is -2.36. The van der Waals surface area contributed by atoms with Crippen LogP contribution in [0.2, 0.25) is 0 Å². The van der Waals surface area contributed by atoms with Gasteiger partial charge >= 0.3 is 0 Å². The third kappa shape index (κ3) is 3.04. The van der Waals surface area contributed by atoms with Gasteiger partial charge in [0.15, 0.2) is 0 Å². The molecule has 3 nitrogen and oxygen atoms in total. The molecule has 0 bridgehead atoms. The molecule has 0 radical (unpaired) electrons. The van der Waals surface area contributed by atoms with Crippen LogP contribution in [-0.2, 0) is 4.79 Å². The van der Waals surface area contributed by atoms with E-state index in [0.717, 1.165) is 12.0 Å². The molecular formula is C13H15F2NO2. The highest BCUT2D eigenvalue weighted by molar-refractivity contribution is 5.82. The van der Waals surface area contributed by atoms with Crippen LogP contribution in [0.15, 0.2) is 30.3 Å². The summed E-state index contributed by atoms with van der Waals surface area (Å²) in [5.74, 6) is -0.240. The minimum absolute atomic E-state index is 0.155. The second-order valence-corrected chi connectivity index (χ2v) is 4.51. The van der Waals surface area contributed by atoms with Crippen molar-refractivity contribution in [1.29, 1.82) is 0 Å². The number of nitrogens with one attached hydrogen (secondary N) is 1. The molecule has 0 aromatic heterocycles. The van der Waals surface area contributed by atoms with Crippen LogP contribution in [0.1, 0.15) is 17.9 Å². The van der Waals surface area contributed by atoms with E-state index < -0.39 is 19.1 Å². The summed E-state index contributed by atoms with van der Waals surface area (Å²) < 4.78 is 24.1. The normalized spacial score (nSPS) is 23.8. The SMILES string of the molecule is O=C(NCC(O)C(F)F)C1CC1c1ccccc1. The fraction of sp³-hybridized carbons (Fsp3) is 0.462. The van der Waals surface area contributed by atoms with Crippen molar-refractivity contribution in [3.63, 3.8) is 0 Å². The number of hydrogen-bond donors (Lipinski definition) is 2. The van der Waals surface area contributed by atoms with Crippen LogP contribution in [0.25, 0.3) is 0 Å². The Morgan fingerprint density at radius 1 is 1.39 bits per heavy atom. The molecule has 1 fully saturated rings. The Morgan fingerprint density at radius 2 is 2.06 bits per heavy atom. The molecule has 1 aromatic carbocycles. The molecule has 1 aromatic rings. The molecule has 98 valence electrons. The maximum Gasteiger partial charge on any atom is 0.265 e. The first-order valence-electron chi connectivity index (χ1n) is 5.88. The average Bonchev–Trinajstić information content (AvgIpc) is 3.16. The number of carbonyl (C=O) groups is 1. The van der Waals surface area contributed by atoms with Gasteiger partial charge in [0.05, 0.1) is 0 Å². The number of aliphatic hydroxyl groups excluding tert-OH is 1. The zero-order chi connectivity index (χ0) is 13.1. The monoisotopic (exact) mass is 255 g/mol. The number of hydrogen-bond acceptors (Lipinski definition) is 2. The molecule has 2 rings (SSSR count). The molecule has 0 saturated heterocycles. The minimum Gasteiger partial charge on any atom is -0.385 e. The molecule has 2 N–H and O–H groups in total. The Bertz CT molecular complexity index is 411. The summed E-state index contributed by atoms with van der Waals surface area (Å²) >= 11 is 0. The highest BCUT2D eigenvalue weighted by Crippen LogP contribution is 2.47. The standard InChI is InChI=1S/C13H15F2NO2/c14-12(15)11(17)7-16-13(18)10-6-9(10)8-4-2-1-3-5-8/h1-5,9-12,17H,6-7H2,(H,16,18). The number of rotatable bonds is 5. The van der Waals surface area contributed by atoms with Gasteiger partial charge in [0.1, 0.15) is 6.10 Å². The van der Waals surface area contributed by atoms with Gasteiger partial charge in [0.2, 0.25) is 5.91 Å². The molecule has 3 unspecified atom stereocenters. The van der Waals surface area contributed by atoms with Crippen molar-refractivity contribution in [2.75, 3.05) is 6.54 Å². The second-order valence-electron chi connectivity index (χ2n) is 4.51. The second kappa shape index (κ2) is 5.44. The Hall–Kier alpha value is -1.49. The zero-order valence-electron chi connectivity index (χ0n) is 9.72. The van der Waals surface area contributed by atoms with Crippen LogP contribution >= 0.6 is 0 Å².